The lowest BCUT2D eigenvalue weighted by molar-refractivity contribution is -0.134. The van der Waals surface area contributed by atoms with E-state index in [9.17, 15) is 9.59 Å². The number of nitrogens with one attached hydrogen (secondary N) is 4. The Labute approximate surface area is 154 Å². The third-order valence-electron chi connectivity index (χ3n) is 5.43. The Bertz CT molecular complexity index is 678. The van der Waals surface area contributed by atoms with Crippen LogP contribution in [0.1, 0.15) is 29.2 Å². The molecule has 26 heavy (non-hydrogen) atoms. The van der Waals surface area contributed by atoms with Gasteiger partial charge in [0.05, 0.1) is 18.5 Å². The summed E-state index contributed by atoms with van der Waals surface area (Å²) in [5.74, 6) is 0.168. The number of carbonyl (C=O) groups excluding carboxylic acids is 2. The SMILES string of the molecule is CNC(=O)CC1C(=O)NCCN1CC1CNNC1c1cc(C)ccc1C. The molecule has 4 N–H and O–H groups in total. The highest BCUT2D eigenvalue weighted by Crippen LogP contribution is 2.29. The van der Waals surface area contributed by atoms with Gasteiger partial charge in [-0.25, -0.2) is 5.43 Å². The van der Waals surface area contributed by atoms with Gasteiger partial charge in [-0.3, -0.25) is 19.9 Å². The minimum Gasteiger partial charge on any atom is -0.359 e. The van der Waals surface area contributed by atoms with Gasteiger partial charge in [-0.15, -0.1) is 0 Å². The molecule has 7 heteroatoms. The standard InChI is InChI=1S/C19H29N5O2/c1-12-4-5-13(2)15(8-12)18-14(10-22-23-18)11-24-7-6-21-19(26)16(24)9-17(25)20-3/h4-5,8,14,16,18,22-23H,6-7,9-11H2,1-3H3,(H,20,25)(H,21,26). The molecule has 1 aromatic rings. The van der Waals surface area contributed by atoms with Crippen LogP contribution in [0.25, 0.3) is 0 Å². The second-order valence-electron chi connectivity index (χ2n) is 7.30. The van der Waals surface area contributed by atoms with Crippen LogP contribution in [0.15, 0.2) is 18.2 Å². The zero-order valence-corrected chi connectivity index (χ0v) is 15.8. The molecule has 3 rings (SSSR count). The molecule has 0 spiro atoms. The van der Waals surface area contributed by atoms with Crippen LogP contribution in [0.2, 0.25) is 0 Å². The maximum absolute atomic E-state index is 12.3. The number of rotatable bonds is 5. The van der Waals surface area contributed by atoms with Crippen molar-refractivity contribution in [2.24, 2.45) is 5.92 Å². The Hall–Kier alpha value is -1.96. The highest BCUT2D eigenvalue weighted by Gasteiger charge is 2.36. The number of carbonyl (C=O) groups is 2. The fraction of sp³-hybridized carbons (Fsp3) is 0.579. The highest BCUT2D eigenvalue weighted by atomic mass is 16.2. The van der Waals surface area contributed by atoms with E-state index in [1.54, 1.807) is 7.05 Å². The number of hydrogen-bond donors (Lipinski definition) is 4. The molecule has 0 aliphatic carbocycles. The van der Waals surface area contributed by atoms with Gasteiger partial charge in [-0.2, -0.15) is 0 Å². The molecule has 2 aliphatic heterocycles. The predicted molar refractivity (Wildman–Crippen MR) is 100 cm³/mol. The first-order valence-corrected chi connectivity index (χ1v) is 9.27. The number of nitrogens with zero attached hydrogens (tertiary/aromatic N) is 1. The van der Waals surface area contributed by atoms with E-state index >= 15 is 0 Å². The lowest BCUT2D eigenvalue weighted by Gasteiger charge is -2.37. The first kappa shape index (κ1) is 18.8. The number of hydrogen-bond acceptors (Lipinski definition) is 5. The molecule has 142 valence electrons. The van der Waals surface area contributed by atoms with E-state index in [1.807, 2.05) is 0 Å². The number of hydrazine groups is 1. The molecule has 1 aromatic carbocycles. The Balaban J connectivity index is 1.76. The van der Waals surface area contributed by atoms with Crippen LogP contribution in [-0.2, 0) is 9.59 Å². The summed E-state index contributed by atoms with van der Waals surface area (Å²) in [5.41, 5.74) is 10.5. The van der Waals surface area contributed by atoms with Crippen LogP contribution in [0.4, 0.5) is 0 Å². The maximum Gasteiger partial charge on any atom is 0.237 e. The fourth-order valence-electron chi connectivity index (χ4n) is 3.91. The van der Waals surface area contributed by atoms with Crippen molar-refractivity contribution >= 4 is 11.8 Å². The lowest BCUT2D eigenvalue weighted by Crippen LogP contribution is -2.57. The Morgan fingerprint density at radius 1 is 1.35 bits per heavy atom. The second-order valence-corrected chi connectivity index (χ2v) is 7.30. The minimum atomic E-state index is -0.399. The summed E-state index contributed by atoms with van der Waals surface area (Å²) in [4.78, 5) is 26.3. The summed E-state index contributed by atoms with van der Waals surface area (Å²) in [6, 6.07) is 6.32. The topological polar surface area (TPSA) is 85.5 Å². The normalized spacial score (nSPS) is 26.6. The summed E-state index contributed by atoms with van der Waals surface area (Å²) in [6.45, 7) is 7.24. The molecule has 2 amide bonds. The van der Waals surface area contributed by atoms with Crippen molar-refractivity contribution in [2.45, 2.75) is 32.4 Å². The molecule has 2 aliphatic rings. The van der Waals surface area contributed by atoms with E-state index in [2.05, 4.69) is 58.4 Å². The molecule has 0 saturated carbocycles. The zero-order chi connectivity index (χ0) is 18.7. The molecular weight excluding hydrogens is 330 g/mol. The molecule has 0 aromatic heterocycles. The predicted octanol–water partition coefficient (Wildman–Crippen LogP) is 0.00504. The largest absolute Gasteiger partial charge is 0.359 e. The highest BCUT2D eigenvalue weighted by molar-refractivity contribution is 5.88. The van der Waals surface area contributed by atoms with Gasteiger partial charge >= 0.3 is 0 Å². The lowest BCUT2D eigenvalue weighted by atomic mass is 9.90. The summed E-state index contributed by atoms with van der Waals surface area (Å²) in [5, 5.41) is 5.51. The first-order valence-electron chi connectivity index (χ1n) is 9.27. The quantitative estimate of drug-likeness (QED) is 0.595. The van der Waals surface area contributed by atoms with Crippen LogP contribution < -0.4 is 21.5 Å². The van der Waals surface area contributed by atoms with Gasteiger partial charge in [0.25, 0.3) is 0 Å². The van der Waals surface area contributed by atoms with Gasteiger partial charge in [0.15, 0.2) is 0 Å². The van der Waals surface area contributed by atoms with E-state index in [1.165, 1.54) is 16.7 Å². The van der Waals surface area contributed by atoms with Crippen molar-refractivity contribution in [3.63, 3.8) is 0 Å². The van der Waals surface area contributed by atoms with Gasteiger partial charge in [0, 0.05) is 39.1 Å². The Kier molecular flexibility index (Phi) is 5.90. The zero-order valence-electron chi connectivity index (χ0n) is 15.8. The van der Waals surface area contributed by atoms with E-state index in [-0.39, 0.29) is 24.3 Å². The van der Waals surface area contributed by atoms with Crippen molar-refractivity contribution in [3.05, 3.63) is 34.9 Å². The molecule has 7 nitrogen and oxygen atoms in total. The van der Waals surface area contributed by atoms with E-state index in [4.69, 9.17) is 0 Å². The van der Waals surface area contributed by atoms with Crippen molar-refractivity contribution < 1.29 is 9.59 Å². The third-order valence-corrected chi connectivity index (χ3v) is 5.43. The van der Waals surface area contributed by atoms with Crippen LogP contribution in [0, 0.1) is 19.8 Å². The van der Waals surface area contributed by atoms with E-state index < -0.39 is 6.04 Å². The molecule has 2 fully saturated rings. The summed E-state index contributed by atoms with van der Waals surface area (Å²) in [6.07, 6.45) is 0.198. The molecule has 0 bridgehead atoms. The third kappa shape index (κ3) is 4.06. The Morgan fingerprint density at radius 3 is 2.92 bits per heavy atom. The van der Waals surface area contributed by atoms with Crippen molar-refractivity contribution in [3.8, 4) is 0 Å². The van der Waals surface area contributed by atoms with E-state index in [0.29, 0.717) is 12.5 Å². The maximum atomic E-state index is 12.3. The molecule has 2 heterocycles. The average molecular weight is 359 g/mol. The first-order chi connectivity index (χ1) is 12.5. The van der Waals surface area contributed by atoms with Crippen molar-refractivity contribution in [2.75, 3.05) is 33.2 Å². The summed E-state index contributed by atoms with van der Waals surface area (Å²) in [7, 11) is 1.61. The Morgan fingerprint density at radius 2 is 2.15 bits per heavy atom. The minimum absolute atomic E-state index is 0.0537. The second kappa shape index (κ2) is 8.16. The van der Waals surface area contributed by atoms with Crippen molar-refractivity contribution in [1.29, 1.82) is 0 Å². The van der Waals surface area contributed by atoms with Gasteiger partial charge in [0.1, 0.15) is 0 Å². The fourth-order valence-corrected chi connectivity index (χ4v) is 3.91. The van der Waals surface area contributed by atoms with Gasteiger partial charge < -0.3 is 10.6 Å². The van der Waals surface area contributed by atoms with Gasteiger partial charge in [-0.1, -0.05) is 23.8 Å². The van der Waals surface area contributed by atoms with Crippen molar-refractivity contribution in [1.82, 2.24) is 26.4 Å². The van der Waals surface area contributed by atoms with Crippen LogP contribution >= 0.6 is 0 Å². The summed E-state index contributed by atoms with van der Waals surface area (Å²) >= 11 is 0. The number of piperazine rings is 1. The smallest absolute Gasteiger partial charge is 0.237 e. The molecule has 3 unspecified atom stereocenters. The molecule has 3 atom stereocenters. The number of amides is 2. The van der Waals surface area contributed by atoms with Crippen LogP contribution in [0.3, 0.4) is 0 Å². The molecule has 0 radical (unpaired) electrons. The number of benzene rings is 1. The average Bonchev–Trinajstić information content (AvgIpc) is 3.07. The van der Waals surface area contributed by atoms with Crippen LogP contribution in [-0.4, -0.2) is 56.0 Å². The molecular formula is C19H29N5O2. The van der Waals surface area contributed by atoms with Crippen LogP contribution in [0.5, 0.6) is 0 Å². The van der Waals surface area contributed by atoms with Gasteiger partial charge in [0.2, 0.25) is 11.8 Å². The molecule has 2 saturated heterocycles. The van der Waals surface area contributed by atoms with E-state index in [0.717, 1.165) is 19.6 Å². The number of aryl methyl sites for hydroxylation is 2. The summed E-state index contributed by atoms with van der Waals surface area (Å²) < 4.78 is 0. The van der Waals surface area contributed by atoms with Gasteiger partial charge in [-0.05, 0) is 25.0 Å². The monoisotopic (exact) mass is 359 g/mol.